The van der Waals surface area contributed by atoms with Crippen LogP contribution in [0.3, 0.4) is 0 Å². The number of carbonyl (C=O) groups is 3. The number of carboxylic acid groups (broad SMARTS) is 1. The number of benzene rings is 1. The minimum atomic E-state index is -0.998. The molecule has 8 heteroatoms. The van der Waals surface area contributed by atoms with Gasteiger partial charge in [0.15, 0.2) is 5.78 Å². The highest BCUT2D eigenvalue weighted by molar-refractivity contribution is 5.98. The summed E-state index contributed by atoms with van der Waals surface area (Å²) in [6.45, 7) is 8.42. The number of carboxylic acids is 1. The van der Waals surface area contributed by atoms with Crippen molar-refractivity contribution in [2.45, 2.75) is 52.1 Å². The second-order valence-corrected chi connectivity index (χ2v) is 9.73. The summed E-state index contributed by atoms with van der Waals surface area (Å²) in [7, 11) is 0. The lowest BCUT2D eigenvalue weighted by Crippen LogP contribution is -2.63. The first-order valence-electron chi connectivity index (χ1n) is 10.4. The van der Waals surface area contributed by atoms with Crippen LogP contribution in [-0.4, -0.2) is 56.5 Å². The van der Waals surface area contributed by atoms with Crippen molar-refractivity contribution in [1.29, 1.82) is 0 Å². The van der Waals surface area contributed by atoms with Crippen molar-refractivity contribution >= 4 is 17.8 Å². The Morgan fingerprint density at radius 3 is 2.29 bits per heavy atom. The fourth-order valence-electron chi connectivity index (χ4n) is 4.48. The van der Waals surface area contributed by atoms with Crippen LogP contribution in [0.1, 0.15) is 73.1 Å². The average molecular weight is 425 g/mol. The predicted molar refractivity (Wildman–Crippen MR) is 113 cm³/mol. The Labute approximate surface area is 180 Å². The molecule has 1 saturated heterocycles. The van der Waals surface area contributed by atoms with Gasteiger partial charge in [-0.15, -0.1) is 0 Å². The van der Waals surface area contributed by atoms with Gasteiger partial charge in [-0.05, 0) is 45.7 Å². The minimum absolute atomic E-state index is 0.105. The number of ether oxygens (including phenoxy) is 1. The summed E-state index contributed by atoms with van der Waals surface area (Å²) >= 11 is 0. The SMILES string of the molecule is CC(=O)c1[nH]c(C2CC3(C2)CN(C(=O)OC(C)(C)C)C3)nc1-c1ccc(C(=O)O)cc1. The Kier molecular flexibility index (Phi) is 4.91. The first-order valence-corrected chi connectivity index (χ1v) is 10.4. The maximum Gasteiger partial charge on any atom is 0.410 e. The fraction of sp³-hybridized carbons (Fsp3) is 0.478. The van der Waals surface area contributed by atoms with Gasteiger partial charge in [0.2, 0.25) is 0 Å². The van der Waals surface area contributed by atoms with Gasteiger partial charge in [-0.25, -0.2) is 14.6 Å². The van der Waals surface area contributed by atoms with E-state index in [-0.39, 0.29) is 28.8 Å². The van der Waals surface area contributed by atoms with E-state index < -0.39 is 11.6 Å². The van der Waals surface area contributed by atoms with Crippen LogP contribution in [0.25, 0.3) is 11.3 Å². The van der Waals surface area contributed by atoms with Gasteiger partial charge in [-0.1, -0.05) is 12.1 Å². The molecule has 1 aliphatic heterocycles. The van der Waals surface area contributed by atoms with Gasteiger partial charge in [0, 0.05) is 36.9 Å². The number of carbonyl (C=O) groups excluding carboxylic acids is 2. The van der Waals surface area contributed by atoms with Crippen LogP contribution in [0.5, 0.6) is 0 Å². The quantitative estimate of drug-likeness (QED) is 0.714. The molecule has 0 bridgehead atoms. The highest BCUT2D eigenvalue weighted by Gasteiger charge is 2.55. The van der Waals surface area contributed by atoms with E-state index >= 15 is 0 Å². The molecule has 31 heavy (non-hydrogen) atoms. The second-order valence-electron chi connectivity index (χ2n) is 9.73. The van der Waals surface area contributed by atoms with E-state index in [1.165, 1.54) is 19.1 Å². The molecule has 2 aromatic rings. The first kappa shape index (κ1) is 21.1. The molecule has 0 radical (unpaired) electrons. The number of Topliss-reactive ketones (excluding diaryl/α,β-unsaturated/α-hetero) is 1. The van der Waals surface area contributed by atoms with Gasteiger partial charge >= 0.3 is 12.1 Å². The molecule has 2 fully saturated rings. The van der Waals surface area contributed by atoms with Crippen molar-refractivity contribution < 1.29 is 24.2 Å². The molecule has 0 unspecified atom stereocenters. The lowest BCUT2D eigenvalue weighted by molar-refractivity contribution is -0.0796. The van der Waals surface area contributed by atoms with Gasteiger partial charge in [0.25, 0.3) is 0 Å². The van der Waals surface area contributed by atoms with Crippen LogP contribution in [-0.2, 0) is 4.74 Å². The number of nitrogens with one attached hydrogen (secondary N) is 1. The van der Waals surface area contributed by atoms with E-state index in [0.29, 0.717) is 30.0 Å². The van der Waals surface area contributed by atoms with Crippen LogP contribution in [0.2, 0.25) is 0 Å². The van der Waals surface area contributed by atoms with Gasteiger partial charge in [0.05, 0.1) is 11.3 Å². The largest absolute Gasteiger partial charge is 0.478 e. The molecule has 2 aliphatic rings. The summed E-state index contributed by atoms with van der Waals surface area (Å²) in [6.07, 6.45) is 1.52. The minimum Gasteiger partial charge on any atom is -0.478 e. The molecule has 4 rings (SSSR count). The molecule has 1 amide bonds. The van der Waals surface area contributed by atoms with Crippen molar-refractivity contribution in [1.82, 2.24) is 14.9 Å². The normalized spacial score (nSPS) is 17.7. The van der Waals surface area contributed by atoms with Crippen molar-refractivity contribution in [2.24, 2.45) is 5.41 Å². The van der Waals surface area contributed by atoms with Crippen molar-refractivity contribution in [3.05, 3.63) is 41.3 Å². The lowest BCUT2D eigenvalue weighted by atomic mass is 9.57. The third kappa shape index (κ3) is 4.06. The number of aromatic amines is 1. The molecular formula is C23H27N3O5. The maximum atomic E-state index is 12.2. The Hall–Kier alpha value is -3.16. The van der Waals surface area contributed by atoms with E-state index in [4.69, 9.17) is 14.8 Å². The van der Waals surface area contributed by atoms with E-state index in [2.05, 4.69) is 4.98 Å². The third-order valence-electron chi connectivity index (χ3n) is 5.93. The van der Waals surface area contributed by atoms with Crippen LogP contribution in [0.15, 0.2) is 24.3 Å². The van der Waals surface area contributed by atoms with E-state index in [9.17, 15) is 14.4 Å². The molecule has 1 saturated carbocycles. The monoisotopic (exact) mass is 425 g/mol. The third-order valence-corrected chi connectivity index (χ3v) is 5.93. The first-order chi connectivity index (χ1) is 14.5. The molecule has 1 aliphatic carbocycles. The number of hydrogen-bond acceptors (Lipinski definition) is 5. The van der Waals surface area contributed by atoms with Gasteiger partial charge in [-0.3, -0.25) is 4.79 Å². The average Bonchev–Trinajstić information content (AvgIpc) is 3.03. The molecule has 1 spiro atoms. The predicted octanol–water partition coefficient (Wildman–Crippen LogP) is 4.09. The summed E-state index contributed by atoms with van der Waals surface area (Å²) in [6, 6.07) is 6.35. The van der Waals surface area contributed by atoms with Crippen molar-refractivity contribution in [3.63, 3.8) is 0 Å². The zero-order valence-electron chi connectivity index (χ0n) is 18.2. The number of likely N-dealkylation sites (tertiary alicyclic amines) is 1. The summed E-state index contributed by atoms with van der Waals surface area (Å²) in [5.74, 6) is -0.152. The fourth-order valence-corrected chi connectivity index (χ4v) is 4.48. The highest BCUT2D eigenvalue weighted by atomic mass is 16.6. The summed E-state index contributed by atoms with van der Waals surface area (Å²) in [5, 5.41) is 9.08. The number of hydrogen-bond donors (Lipinski definition) is 2. The molecule has 1 aromatic carbocycles. The number of imidazole rings is 1. The molecule has 2 heterocycles. The zero-order chi connectivity index (χ0) is 22.6. The van der Waals surface area contributed by atoms with Crippen LogP contribution >= 0.6 is 0 Å². The molecule has 8 nitrogen and oxygen atoms in total. The van der Waals surface area contributed by atoms with E-state index in [1.807, 2.05) is 20.8 Å². The molecular weight excluding hydrogens is 398 g/mol. The number of ketones is 1. The van der Waals surface area contributed by atoms with Gasteiger partial charge < -0.3 is 19.7 Å². The van der Waals surface area contributed by atoms with E-state index in [0.717, 1.165) is 18.7 Å². The Morgan fingerprint density at radius 2 is 1.77 bits per heavy atom. The number of amides is 1. The van der Waals surface area contributed by atoms with Crippen molar-refractivity contribution in [2.75, 3.05) is 13.1 Å². The smallest absolute Gasteiger partial charge is 0.410 e. The molecule has 1 aromatic heterocycles. The molecule has 164 valence electrons. The van der Waals surface area contributed by atoms with Crippen LogP contribution in [0, 0.1) is 5.41 Å². The molecule has 2 N–H and O–H groups in total. The zero-order valence-corrected chi connectivity index (χ0v) is 18.2. The number of rotatable bonds is 4. The van der Waals surface area contributed by atoms with Crippen LogP contribution in [0.4, 0.5) is 4.79 Å². The molecule has 0 atom stereocenters. The maximum absolute atomic E-state index is 12.2. The summed E-state index contributed by atoms with van der Waals surface area (Å²) in [4.78, 5) is 45.0. The number of nitrogens with zero attached hydrogens (tertiary/aromatic N) is 2. The topological polar surface area (TPSA) is 113 Å². The lowest BCUT2D eigenvalue weighted by Gasteiger charge is -2.58. The van der Waals surface area contributed by atoms with Gasteiger partial charge in [0.1, 0.15) is 17.1 Å². The Bertz CT molecular complexity index is 1030. The Morgan fingerprint density at radius 1 is 1.16 bits per heavy atom. The van der Waals surface area contributed by atoms with E-state index in [1.54, 1.807) is 17.0 Å². The number of aromatic carboxylic acids is 1. The standard InChI is InChI=1S/C23H27N3O5/c1-13(27)17-18(14-5-7-15(8-6-14)20(28)29)25-19(24-17)16-9-23(10-16)11-26(12-23)21(30)31-22(2,3)4/h5-8,16H,9-12H2,1-4H3,(H,24,25)(H,28,29). The van der Waals surface area contributed by atoms with Gasteiger partial charge in [-0.2, -0.15) is 0 Å². The number of H-pyrrole nitrogens is 1. The second kappa shape index (κ2) is 7.21. The summed E-state index contributed by atoms with van der Waals surface area (Å²) < 4.78 is 5.43. The van der Waals surface area contributed by atoms with Crippen LogP contribution < -0.4 is 0 Å². The summed E-state index contributed by atoms with van der Waals surface area (Å²) in [5.41, 5.74) is 1.47. The highest BCUT2D eigenvalue weighted by Crippen LogP contribution is 2.55. The number of aromatic nitrogens is 2. The Balaban J connectivity index is 1.44. The van der Waals surface area contributed by atoms with Crippen molar-refractivity contribution in [3.8, 4) is 11.3 Å².